The number of ether oxygens (including phenoxy) is 2. The molecule has 1 N–H and O–H groups in total. The quantitative estimate of drug-likeness (QED) is 0.842. The number of hydrogen-bond acceptors (Lipinski definition) is 6. The molecule has 7 heteroatoms. The molecule has 27 heavy (non-hydrogen) atoms. The first-order valence-electron chi connectivity index (χ1n) is 9.29. The molecule has 1 aliphatic rings. The Balaban J connectivity index is 1.60. The Morgan fingerprint density at radius 1 is 1.00 bits per heavy atom. The van der Waals surface area contributed by atoms with Crippen LogP contribution in [0.5, 0.6) is 11.5 Å². The SMILES string of the molecule is COc1ccc(CNc2ccc(C(=O)N3CCCCCC3)nn2)cc1OC. The molecule has 0 aliphatic carbocycles. The van der Waals surface area contributed by atoms with Crippen molar-refractivity contribution in [1.82, 2.24) is 15.1 Å². The van der Waals surface area contributed by atoms with E-state index in [-0.39, 0.29) is 5.91 Å². The number of nitrogens with one attached hydrogen (secondary N) is 1. The molecule has 0 unspecified atom stereocenters. The first-order chi connectivity index (χ1) is 13.2. The van der Waals surface area contributed by atoms with Crippen LogP contribution in [0.1, 0.15) is 41.7 Å². The average Bonchev–Trinajstić information content (AvgIpc) is 3.01. The van der Waals surface area contributed by atoms with Crippen LogP contribution in [0, 0.1) is 0 Å². The van der Waals surface area contributed by atoms with E-state index in [1.807, 2.05) is 23.1 Å². The van der Waals surface area contributed by atoms with Crippen molar-refractivity contribution < 1.29 is 14.3 Å². The first kappa shape index (κ1) is 18.9. The number of carbonyl (C=O) groups is 1. The fraction of sp³-hybridized carbons (Fsp3) is 0.450. The molecule has 0 radical (unpaired) electrons. The monoisotopic (exact) mass is 370 g/mol. The van der Waals surface area contributed by atoms with Crippen molar-refractivity contribution in [1.29, 1.82) is 0 Å². The molecule has 1 aromatic heterocycles. The van der Waals surface area contributed by atoms with Gasteiger partial charge in [0.15, 0.2) is 17.2 Å². The maximum atomic E-state index is 12.6. The normalized spacial score (nSPS) is 14.4. The number of amides is 1. The van der Waals surface area contributed by atoms with Crippen LogP contribution < -0.4 is 14.8 Å². The van der Waals surface area contributed by atoms with E-state index in [4.69, 9.17) is 9.47 Å². The summed E-state index contributed by atoms with van der Waals surface area (Å²) >= 11 is 0. The molecule has 144 valence electrons. The van der Waals surface area contributed by atoms with Crippen LogP contribution in [0.4, 0.5) is 5.82 Å². The minimum absolute atomic E-state index is 0.0316. The number of benzene rings is 1. The van der Waals surface area contributed by atoms with Crippen molar-refractivity contribution >= 4 is 11.7 Å². The average molecular weight is 370 g/mol. The molecule has 3 rings (SSSR count). The maximum absolute atomic E-state index is 12.6. The molecule has 2 aromatic rings. The van der Waals surface area contributed by atoms with Crippen molar-refractivity contribution in [2.45, 2.75) is 32.2 Å². The smallest absolute Gasteiger partial charge is 0.274 e. The van der Waals surface area contributed by atoms with Crippen molar-refractivity contribution in [2.24, 2.45) is 0 Å². The van der Waals surface area contributed by atoms with E-state index >= 15 is 0 Å². The predicted octanol–water partition coefficient (Wildman–Crippen LogP) is 3.12. The topological polar surface area (TPSA) is 76.6 Å². The molecule has 1 fully saturated rings. The van der Waals surface area contributed by atoms with Gasteiger partial charge in [-0.15, -0.1) is 10.2 Å². The van der Waals surface area contributed by atoms with E-state index in [0.717, 1.165) is 31.5 Å². The van der Waals surface area contributed by atoms with Gasteiger partial charge >= 0.3 is 0 Å². The van der Waals surface area contributed by atoms with Crippen LogP contribution in [0.15, 0.2) is 30.3 Å². The molecular formula is C20H26N4O3. The lowest BCUT2D eigenvalue weighted by Crippen LogP contribution is -2.32. The van der Waals surface area contributed by atoms with Crippen LogP contribution in [0.2, 0.25) is 0 Å². The van der Waals surface area contributed by atoms with Crippen LogP contribution in [0.25, 0.3) is 0 Å². The molecule has 1 saturated heterocycles. The number of carbonyl (C=O) groups excluding carboxylic acids is 1. The first-order valence-corrected chi connectivity index (χ1v) is 9.29. The summed E-state index contributed by atoms with van der Waals surface area (Å²) in [7, 11) is 3.22. The Labute approximate surface area is 159 Å². The highest BCUT2D eigenvalue weighted by molar-refractivity contribution is 5.92. The van der Waals surface area contributed by atoms with Gasteiger partial charge in [0.05, 0.1) is 14.2 Å². The van der Waals surface area contributed by atoms with Crippen molar-refractivity contribution in [2.75, 3.05) is 32.6 Å². The largest absolute Gasteiger partial charge is 0.493 e. The van der Waals surface area contributed by atoms with Gasteiger partial charge in [-0.05, 0) is 42.7 Å². The highest BCUT2D eigenvalue weighted by Gasteiger charge is 2.18. The minimum Gasteiger partial charge on any atom is -0.493 e. The lowest BCUT2D eigenvalue weighted by atomic mass is 10.2. The van der Waals surface area contributed by atoms with Crippen LogP contribution in [-0.2, 0) is 6.54 Å². The zero-order valence-electron chi connectivity index (χ0n) is 15.9. The number of methoxy groups -OCH3 is 2. The Hall–Kier alpha value is -2.83. The highest BCUT2D eigenvalue weighted by Crippen LogP contribution is 2.27. The molecule has 2 heterocycles. The fourth-order valence-electron chi connectivity index (χ4n) is 3.16. The number of likely N-dealkylation sites (tertiary alicyclic amines) is 1. The van der Waals surface area contributed by atoms with E-state index < -0.39 is 0 Å². The third-order valence-corrected chi connectivity index (χ3v) is 4.70. The second-order valence-electron chi connectivity index (χ2n) is 6.55. The summed E-state index contributed by atoms with van der Waals surface area (Å²) in [5, 5.41) is 11.5. The molecule has 0 spiro atoms. The van der Waals surface area contributed by atoms with E-state index in [1.165, 1.54) is 12.8 Å². The zero-order chi connectivity index (χ0) is 19.1. The van der Waals surface area contributed by atoms with E-state index in [1.54, 1.807) is 26.4 Å². The number of hydrogen-bond donors (Lipinski definition) is 1. The Morgan fingerprint density at radius 3 is 2.37 bits per heavy atom. The van der Waals surface area contributed by atoms with Gasteiger partial charge < -0.3 is 19.7 Å². The minimum atomic E-state index is -0.0316. The summed E-state index contributed by atoms with van der Waals surface area (Å²) in [5.74, 6) is 1.96. The zero-order valence-corrected chi connectivity index (χ0v) is 15.9. The van der Waals surface area contributed by atoms with Gasteiger partial charge in [-0.3, -0.25) is 4.79 Å². The molecule has 0 bridgehead atoms. The summed E-state index contributed by atoms with van der Waals surface area (Å²) in [6.07, 6.45) is 4.50. The van der Waals surface area contributed by atoms with E-state index in [9.17, 15) is 4.79 Å². The number of rotatable bonds is 6. The molecule has 0 saturated carbocycles. The third-order valence-electron chi connectivity index (χ3n) is 4.70. The number of nitrogens with zero attached hydrogens (tertiary/aromatic N) is 3. The standard InChI is InChI=1S/C20H26N4O3/c1-26-17-9-7-15(13-18(17)27-2)14-21-19-10-8-16(22-23-19)20(25)24-11-5-3-4-6-12-24/h7-10,13H,3-6,11-12,14H2,1-2H3,(H,21,23). The van der Waals surface area contributed by atoms with Crippen LogP contribution in [0.3, 0.4) is 0 Å². The highest BCUT2D eigenvalue weighted by atomic mass is 16.5. The fourth-order valence-corrected chi connectivity index (χ4v) is 3.16. The molecule has 1 aromatic carbocycles. The van der Waals surface area contributed by atoms with Gasteiger partial charge in [0.1, 0.15) is 5.82 Å². The van der Waals surface area contributed by atoms with Crippen molar-refractivity contribution in [3.8, 4) is 11.5 Å². The summed E-state index contributed by atoms with van der Waals surface area (Å²) in [5.41, 5.74) is 1.42. The third kappa shape index (κ3) is 4.87. The second kappa shape index (κ2) is 9.21. The van der Waals surface area contributed by atoms with E-state index in [2.05, 4.69) is 15.5 Å². The van der Waals surface area contributed by atoms with Crippen molar-refractivity contribution in [3.63, 3.8) is 0 Å². The Morgan fingerprint density at radius 2 is 1.74 bits per heavy atom. The summed E-state index contributed by atoms with van der Waals surface area (Å²) in [6.45, 7) is 2.17. The van der Waals surface area contributed by atoms with Crippen LogP contribution in [-0.4, -0.2) is 48.3 Å². The van der Waals surface area contributed by atoms with E-state index in [0.29, 0.717) is 29.6 Å². The lowest BCUT2D eigenvalue weighted by Gasteiger charge is -2.19. The molecule has 0 atom stereocenters. The molecule has 1 aliphatic heterocycles. The summed E-state index contributed by atoms with van der Waals surface area (Å²) in [6, 6.07) is 9.26. The lowest BCUT2D eigenvalue weighted by molar-refractivity contribution is 0.0754. The molecular weight excluding hydrogens is 344 g/mol. The van der Waals surface area contributed by atoms with Gasteiger partial charge in [0, 0.05) is 19.6 Å². The summed E-state index contributed by atoms with van der Waals surface area (Å²) in [4.78, 5) is 14.4. The van der Waals surface area contributed by atoms with Gasteiger partial charge in [0.2, 0.25) is 0 Å². The van der Waals surface area contributed by atoms with Crippen molar-refractivity contribution in [3.05, 3.63) is 41.6 Å². The molecule has 7 nitrogen and oxygen atoms in total. The van der Waals surface area contributed by atoms with Gasteiger partial charge in [-0.2, -0.15) is 0 Å². The predicted molar refractivity (Wildman–Crippen MR) is 103 cm³/mol. The number of anilines is 1. The van der Waals surface area contributed by atoms with Gasteiger partial charge in [-0.25, -0.2) is 0 Å². The maximum Gasteiger partial charge on any atom is 0.274 e. The Bertz CT molecular complexity index is 756. The number of aromatic nitrogens is 2. The van der Waals surface area contributed by atoms with Crippen LogP contribution >= 0.6 is 0 Å². The van der Waals surface area contributed by atoms with Gasteiger partial charge in [-0.1, -0.05) is 18.9 Å². The summed E-state index contributed by atoms with van der Waals surface area (Å²) < 4.78 is 10.6. The van der Waals surface area contributed by atoms with Gasteiger partial charge in [0.25, 0.3) is 5.91 Å². The second-order valence-corrected chi connectivity index (χ2v) is 6.55. The Kier molecular flexibility index (Phi) is 6.46. The molecule has 1 amide bonds.